The Morgan fingerprint density at radius 1 is 0.863 bits per heavy atom. The first-order valence-electron chi connectivity index (χ1n) is 26.5. The van der Waals surface area contributed by atoms with E-state index >= 15 is 0 Å². The summed E-state index contributed by atoms with van der Waals surface area (Å²) < 4.78 is 72.9. The number of piperidine rings is 1. The maximum atomic E-state index is 14.7. The van der Waals surface area contributed by atoms with Gasteiger partial charge in [-0.2, -0.15) is 8.78 Å². The summed E-state index contributed by atoms with van der Waals surface area (Å²) in [6, 6.07) is -1.22. The Labute approximate surface area is 429 Å². The fourth-order valence-electron chi connectivity index (χ4n) is 11.8. The van der Waals surface area contributed by atoms with Gasteiger partial charge in [0.05, 0.1) is 50.8 Å². The van der Waals surface area contributed by atoms with E-state index in [-0.39, 0.29) is 61.9 Å². The summed E-state index contributed by atoms with van der Waals surface area (Å²) >= 11 is 0. The molecule has 73 heavy (non-hydrogen) atoms. The molecule has 16 nitrogen and oxygen atoms in total. The lowest BCUT2D eigenvalue weighted by molar-refractivity contribution is -0.266. The molecule has 1 aliphatic carbocycles. The maximum Gasteiger partial charge on any atom is 0.345 e. The van der Waals surface area contributed by atoms with Crippen LogP contribution in [-0.4, -0.2) is 159 Å². The molecular formula is C55H81F2NO15. The van der Waals surface area contributed by atoms with Crippen LogP contribution in [-0.2, 0) is 61.9 Å². The molecule has 0 spiro atoms. The highest BCUT2D eigenvalue weighted by atomic mass is 19.3. The van der Waals surface area contributed by atoms with Crippen molar-refractivity contribution in [3.05, 3.63) is 47.6 Å². The second-order valence-electron chi connectivity index (χ2n) is 21.5. The predicted octanol–water partition coefficient (Wildman–Crippen LogP) is 6.43. The highest BCUT2D eigenvalue weighted by molar-refractivity contribution is 6.39. The second-order valence-corrected chi connectivity index (χ2v) is 21.5. The van der Waals surface area contributed by atoms with Gasteiger partial charge in [-0.05, 0) is 101 Å². The molecule has 2 unspecified atom stereocenters. The number of Topliss-reactive ketones (excluding diaryl/α,β-unsaturated/α-hetero) is 3. The van der Waals surface area contributed by atoms with Gasteiger partial charge in [-0.25, -0.2) is 4.79 Å². The number of ketones is 3. The minimum Gasteiger partial charge on any atom is -0.460 e. The SMILES string of the molecule is CO[C@@H]1C[C@H](CC2[C@H]3CCCN4C(=O)C(=O)[C@]5(O)O[C@@H](CC[C@H]5C)C[C@H](OCCOC5COC5)/C(C)=C/C=C/C=C/[C@@H](C)C[C@@H](C)C(=O)[C@H](OC)[C@H](O)/C(C)=C/[C@@H](C)C(=O)C[C@@H]2OC(=O)C34)CC[C@H]1OC(F)F. The van der Waals surface area contributed by atoms with Gasteiger partial charge >= 0.3 is 12.6 Å². The number of hydrogen-bond donors (Lipinski definition) is 2. The Morgan fingerprint density at radius 2 is 1.60 bits per heavy atom. The van der Waals surface area contributed by atoms with E-state index in [2.05, 4.69) is 0 Å². The lowest BCUT2D eigenvalue weighted by Gasteiger charge is -2.50. The fourth-order valence-corrected chi connectivity index (χ4v) is 11.8. The zero-order valence-electron chi connectivity index (χ0n) is 44.0. The Morgan fingerprint density at radius 3 is 2.29 bits per heavy atom. The van der Waals surface area contributed by atoms with Crippen molar-refractivity contribution in [2.75, 3.05) is 47.2 Å². The molecule has 4 bridgehead atoms. The van der Waals surface area contributed by atoms with Gasteiger partial charge in [0.2, 0.25) is 5.79 Å². The Bertz CT molecular complexity index is 2020. The summed E-state index contributed by atoms with van der Waals surface area (Å²) in [6.45, 7) is 9.27. The summed E-state index contributed by atoms with van der Waals surface area (Å²) in [5.74, 6) is -9.47. The van der Waals surface area contributed by atoms with Crippen molar-refractivity contribution < 1.29 is 80.9 Å². The zero-order valence-corrected chi connectivity index (χ0v) is 44.0. The van der Waals surface area contributed by atoms with Crippen molar-refractivity contribution in [3.8, 4) is 0 Å². The summed E-state index contributed by atoms with van der Waals surface area (Å²) in [7, 11) is 2.80. The lowest BCUT2D eigenvalue weighted by Crippen LogP contribution is -2.65. The number of carbonyl (C=O) groups is 5. The Balaban J connectivity index is 1.33. The number of nitrogens with zero attached hydrogens (tertiary/aromatic N) is 1. The van der Waals surface area contributed by atoms with E-state index in [1.807, 2.05) is 44.2 Å². The van der Waals surface area contributed by atoms with Gasteiger partial charge in [0.25, 0.3) is 11.7 Å². The predicted molar refractivity (Wildman–Crippen MR) is 263 cm³/mol. The number of halogens is 2. The van der Waals surface area contributed by atoms with E-state index in [1.165, 1.54) is 19.1 Å². The molecule has 5 heterocycles. The standard InChI is InChI=1S/C55H81F2NO15/c1-31-13-10-9-11-14-32(2)44(70-22-21-69-39-29-68-30-39)27-38-18-16-36(6)55(65,73-38)51(62)52(63)58-20-12-15-40-41(25-37-17-19-43(72-54(56)57)46(26-37)66-7)45(71-53(64)47(40)58)28-42(59)33(3)24-35(5)49(61)50(67-8)48(60)34(4)23-31/h9-11,13-14,24,31,33-34,36-41,43-47,49-50,54,61,65H,12,15-23,25-30H2,1-8H3/b11-9+,13-10+,32-14+,35-24+/t31-,33-,34-,36-,37+,38+,40-,41?,43-,44+,45+,46-,47?,49-,50+,55-/m1/s1. The highest BCUT2D eigenvalue weighted by Gasteiger charge is 2.57. The number of hydrogen-bond acceptors (Lipinski definition) is 15. The molecule has 1 saturated carbocycles. The molecule has 2 N–H and O–H groups in total. The quantitative estimate of drug-likeness (QED) is 0.0991. The topological polar surface area (TPSA) is 203 Å². The molecule has 0 aromatic rings. The maximum absolute atomic E-state index is 14.7. The van der Waals surface area contributed by atoms with Gasteiger partial charge in [0.1, 0.15) is 36.2 Å². The number of aliphatic hydroxyl groups is 2. The Hall–Kier alpha value is -3.59. The third kappa shape index (κ3) is 14.9. The highest BCUT2D eigenvalue weighted by Crippen LogP contribution is 2.46. The molecule has 5 fully saturated rings. The minimum absolute atomic E-state index is 0.000429. The first-order chi connectivity index (χ1) is 34.8. The molecule has 1 amide bonds. The van der Waals surface area contributed by atoms with Crippen molar-refractivity contribution in [3.63, 3.8) is 0 Å². The second kappa shape index (κ2) is 26.9. The average Bonchev–Trinajstić information content (AvgIpc) is 3.34. The molecule has 6 aliphatic rings. The van der Waals surface area contributed by atoms with Gasteiger partial charge in [-0.1, -0.05) is 64.2 Å². The van der Waals surface area contributed by atoms with Gasteiger partial charge in [0, 0.05) is 57.3 Å². The summed E-state index contributed by atoms with van der Waals surface area (Å²) in [5.41, 5.74) is 1.19. The summed E-state index contributed by atoms with van der Waals surface area (Å²) in [5, 5.41) is 23.7. The largest absolute Gasteiger partial charge is 0.460 e. The van der Waals surface area contributed by atoms with Gasteiger partial charge in [0.15, 0.2) is 5.78 Å². The van der Waals surface area contributed by atoms with Crippen LogP contribution < -0.4 is 0 Å². The number of carbonyl (C=O) groups excluding carboxylic acids is 5. The number of methoxy groups -OCH3 is 2. The summed E-state index contributed by atoms with van der Waals surface area (Å²) in [6.07, 6.45) is 8.54. The van der Waals surface area contributed by atoms with Crippen molar-refractivity contribution in [1.82, 2.24) is 4.90 Å². The molecule has 16 atom stereocenters. The van der Waals surface area contributed by atoms with Crippen LogP contribution in [0, 0.1) is 41.4 Å². The van der Waals surface area contributed by atoms with Crippen LogP contribution in [0.25, 0.3) is 0 Å². The number of fused-ring (bicyclic) bond motifs is 4. The zero-order chi connectivity index (χ0) is 53.1. The van der Waals surface area contributed by atoms with Gasteiger partial charge in [-0.15, -0.1) is 0 Å². The van der Waals surface area contributed by atoms with Crippen LogP contribution in [0.2, 0.25) is 0 Å². The molecule has 0 radical (unpaired) electrons. The third-order valence-electron chi connectivity index (χ3n) is 16.2. The summed E-state index contributed by atoms with van der Waals surface area (Å²) in [4.78, 5) is 72.9. The molecule has 18 heteroatoms. The number of alkyl halides is 2. The molecule has 5 aliphatic heterocycles. The molecule has 410 valence electrons. The van der Waals surface area contributed by atoms with Gasteiger partial charge in [-0.3, -0.25) is 19.2 Å². The molecule has 0 aromatic carbocycles. The number of allylic oxidation sites excluding steroid dienone is 6. The van der Waals surface area contributed by atoms with E-state index in [4.69, 9.17) is 37.9 Å². The number of esters is 1. The fraction of sp³-hybridized carbons (Fsp3) is 0.764. The van der Waals surface area contributed by atoms with E-state index in [0.29, 0.717) is 76.8 Å². The van der Waals surface area contributed by atoms with E-state index < -0.39 is 108 Å². The van der Waals surface area contributed by atoms with Crippen LogP contribution >= 0.6 is 0 Å². The smallest absolute Gasteiger partial charge is 0.345 e. The van der Waals surface area contributed by atoms with Crippen LogP contribution in [0.1, 0.15) is 112 Å². The molecular weight excluding hydrogens is 953 g/mol. The average molecular weight is 1030 g/mol. The molecule has 6 rings (SSSR count). The Kier molecular flexibility index (Phi) is 21.7. The molecule has 4 saturated heterocycles. The lowest BCUT2D eigenvalue weighted by atomic mass is 9.68. The van der Waals surface area contributed by atoms with Gasteiger partial charge < -0.3 is 53.0 Å². The number of aliphatic hydroxyl groups excluding tert-OH is 1. The van der Waals surface area contributed by atoms with E-state index in [1.54, 1.807) is 33.8 Å². The van der Waals surface area contributed by atoms with Crippen molar-refractivity contribution in [1.29, 1.82) is 0 Å². The first kappa shape index (κ1) is 58.7. The van der Waals surface area contributed by atoms with Crippen LogP contribution in [0.15, 0.2) is 47.6 Å². The van der Waals surface area contributed by atoms with Crippen molar-refractivity contribution >= 4 is 29.2 Å². The third-order valence-corrected chi connectivity index (χ3v) is 16.2. The first-order valence-corrected chi connectivity index (χ1v) is 26.5. The van der Waals surface area contributed by atoms with Crippen LogP contribution in [0.3, 0.4) is 0 Å². The number of amides is 1. The van der Waals surface area contributed by atoms with Crippen molar-refractivity contribution in [2.24, 2.45) is 41.4 Å². The van der Waals surface area contributed by atoms with E-state index in [9.17, 15) is 43.0 Å². The molecule has 0 aromatic heterocycles. The van der Waals surface area contributed by atoms with Crippen molar-refractivity contribution in [2.45, 2.75) is 179 Å². The minimum atomic E-state index is -2.98. The van der Waals surface area contributed by atoms with Crippen LogP contribution in [0.4, 0.5) is 8.78 Å². The number of ether oxygens (including phenoxy) is 8. The van der Waals surface area contributed by atoms with Crippen LogP contribution in [0.5, 0.6) is 0 Å². The normalized spacial score (nSPS) is 40.6. The van der Waals surface area contributed by atoms with E-state index in [0.717, 1.165) is 5.57 Å². The number of rotatable bonds is 11. The monoisotopic (exact) mass is 1030 g/mol.